The molecule has 7 heteroatoms. The summed E-state index contributed by atoms with van der Waals surface area (Å²) in [6, 6.07) is 15.3. The van der Waals surface area contributed by atoms with Gasteiger partial charge in [0.1, 0.15) is 0 Å². The second-order valence-corrected chi connectivity index (χ2v) is 8.13. The lowest BCUT2D eigenvalue weighted by molar-refractivity contribution is 0.0996. The molecule has 0 spiro atoms. The molecule has 0 radical (unpaired) electrons. The third kappa shape index (κ3) is 6.77. The van der Waals surface area contributed by atoms with E-state index >= 15 is 0 Å². The molecule has 3 N–H and O–H groups in total. The van der Waals surface area contributed by atoms with Crippen molar-refractivity contribution in [1.29, 1.82) is 0 Å². The van der Waals surface area contributed by atoms with E-state index in [1.165, 1.54) is 11.1 Å². The normalized spacial score (nSPS) is 12.4. The predicted molar refractivity (Wildman–Crippen MR) is 123 cm³/mol. The average molecular weight is 425 g/mol. The molecule has 3 rings (SSSR count). The van der Waals surface area contributed by atoms with Crippen LogP contribution < -0.4 is 16.0 Å². The van der Waals surface area contributed by atoms with Gasteiger partial charge in [-0.1, -0.05) is 25.1 Å². The Morgan fingerprint density at radius 2 is 2.07 bits per heavy atom. The molecule has 0 aliphatic heterocycles. The number of thiophene rings is 1. The molecule has 0 saturated heterocycles. The summed E-state index contributed by atoms with van der Waals surface area (Å²) in [6.07, 6.45) is 2.54. The summed E-state index contributed by atoms with van der Waals surface area (Å²) in [5.74, 6) is 1.32. The van der Waals surface area contributed by atoms with E-state index in [9.17, 15) is 4.79 Å². The van der Waals surface area contributed by atoms with Gasteiger partial charge in [-0.25, -0.2) is 4.99 Å². The molecule has 1 aromatic carbocycles. The largest absolute Gasteiger partial charge is 0.459 e. The van der Waals surface area contributed by atoms with Gasteiger partial charge in [0.05, 0.1) is 12.8 Å². The van der Waals surface area contributed by atoms with Crippen LogP contribution in [-0.2, 0) is 13.0 Å². The van der Waals surface area contributed by atoms with Crippen molar-refractivity contribution in [3.8, 4) is 0 Å². The Hall–Kier alpha value is -3.06. The molecule has 3 aromatic rings. The van der Waals surface area contributed by atoms with Gasteiger partial charge in [-0.3, -0.25) is 4.79 Å². The zero-order chi connectivity index (χ0) is 21.2. The highest BCUT2D eigenvalue weighted by atomic mass is 32.1. The lowest BCUT2D eigenvalue weighted by Gasteiger charge is -2.15. The van der Waals surface area contributed by atoms with Crippen LogP contribution in [0.3, 0.4) is 0 Å². The fraction of sp³-hybridized carbons (Fsp3) is 0.304. The van der Waals surface area contributed by atoms with Crippen molar-refractivity contribution in [2.45, 2.75) is 26.8 Å². The van der Waals surface area contributed by atoms with Crippen LogP contribution in [0.2, 0.25) is 0 Å². The first-order chi connectivity index (χ1) is 14.6. The number of aliphatic imine (C=N–C) groups is 1. The number of hydrogen-bond donors (Lipinski definition) is 3. The molecule has 0 aliphatic carbocycles. The molecule has 0 saturated carbocycles. The Morgan fingerprint density at radius 1 is 1.17 bits per heavy atom. The number of nitrogens with zero attached hydrogens (tertiary/aromatic N) is 1. The zero-order valence-corrected chi connectivity index (χ0v) is 18.2. The van der Waals surface area contributed by atoms with Gasteiger partial charge in [-0.05, 0) is 60.5 Å². The number of amides is 1. The van der Waals surface area contributed by atoms with E-state index < -0.39 is 0 Å². The number of guanidine groups is 1. The Kier molecular flexibility index (Phi) is 8.09. The fourth-order valence-electron chi connectivity index (χ4n) is 2.98. The molecule has 158 valence electrons. The summed E-state index contributed by atoms with van der Waals surface area (Å²) in [5.41, 5.74) is 1.72. The van der Waals surface area contributed by atoms with Crippen LogP contribution >= 0.6 is 11.3 Å². The minimum absolute atomic E-state index is 0.268. The summed E-state index contributed by atoms with van der Waals surface area (Å²) in [6.45, 7) is 6.45. The first-order valence-electron chi connectivity index (χ1n) is 10.1. The van der Waals surface area contributed by atoms with Crippen molar-refractivity contribution >= 4 is 28.9 Å². The maximum absolute atomic E-state index is 12.1. The van der Waals surface area contributed by atoms with Crippen molar-refractivity contribution in [3.63, 3.8) is 0 Å². The fourth-order valence-corrected chi connectivity index (χ4v) is 3.85. The van der Waals surface area contributed by atoms with Crippen molar-refractivity contribution in [1.82, 2.24) is 10.6 Å². The van der Waals surface area contributed by atoms with Gasteiger partial charge in [0.25, 0.3) is 5.91 Å². The highest BCUT2D eigenvalue weighted by Crippen LogP contribution is 2.15. The van der Waals surface area contributed by atoms with Gasteiger partial charge in [0.2, 0.25) is 0 Å². The van der Waals surface area contributed by atoms with Gasteiger partial charge in [0, 0.05) is 23.7 Å². The lowest BCUT2D eigenvalue weighted by atomic mass is 10.1. The number of anilines is 1. The highest BCUT2D eigenvalue weighted by Gasteiger charge is 2.09. The number of carbonyl (C=O) groups is 1. The Morgan fingerprint density at radius 3 is 2.80 bits per heavy atom. The monoisotopic (exact) mass is 424 g/mol. The standard InChI is InChI=1S/C23H28N4O2S/c1-3-24-23(25-15-17(2)13-20-9-6-12-30-20)26-16-18-7-4-8-19(14-18)27-22(28)21-10-5-11-29-21/h4-12,14,17H,3,13,15-16H2,1-2H3,(H,27,28)(H2,24,25,26). The van der Waals surface area contributed by atoms with E-state index in [4.69, 9.17) is 4.42 Å². The van der Waals surface area contributed by atoms with E-state index in [1.807, 2.05) is 24.3 Å². The molecule has 1 amide bonds. The summed E-state index contributed by atoms with van der Waals surface area (Å²) < 4.78 is 5.13. The molecule has 2 heterocycles. The van der Waals surface area contributed by atoms with Crippen LogP contribution in [0.5, 0.6) is 0 Å². The zero-order valence-electron chi connectivity index (χ0n) is 17.4. The van der Waals surface area contributed by atoms with E-state index in [2.05, 4.69) is 52.3 Å². The van der Waals surface area contributed by atoms with Crippen molar-refractivity contribution in [2.75, 3.05) is 18.4 Å². The lowest BCUT2D eigenvalue weighted by Crippen LogP contribution is -2.39. The van der Waals surface area contributed by atoms with Gasteiger partial charge < -0.3 is 20.4 Å². The predicted octanol–water partition coefficient (Wildman–Crippen LogP) is 4.53. The van der Waals surface area contributed by atoms with Crippen molar-refractivity contribution in [2.24, 2.45) is 10.9 Å². The van der Waals surface area contributed by atoms with Gasteiger partial charge in [-0.15, -0.1) is 11.3 Å². The Balaban J connectivity index is 1.55. The third-order valence-electron chi connectivity index (χ3n) is 4.44. The molecule has 1 atom stereocenters. The van der Waals surface area contributed by atoms with Crippen LogP contribution in [0, 0.1) is 5.92 Å². The first kappa shape index (κ1) is 21.6. The van der Waals surface area contributed by atoms with Gasteiger partial charge in [0.15, 0.2) is 11.7 Å². The first-order valence-corrected chi connectivity index (χ1v) is 11.0. The van der Waals surface area contributed by atoms with Crippen LogP contribution in [0.4, 0.5) is 5.69 Å². The molecule has 30 heavy (non-hydrogen) atoms. The molecule has 0 bridgehead atoms. The summed E-state index contributed by atoms with van der Waals surface area (Å²) >= 11 is 1.80. The number of hydrogen-bond acceptors (Lipinski definition) is 4. The second-order valence-electron chi connectivity index (χ2n) is 7.10. The van der Waals surface area contributed by atoms with Crippen LogP contribution in [0.25, 0.3) is 0 Å². The second kappa shape index (κ2) is 11.2. The maximum Gasteiger partial charge on any atom is 0.291 e. The third-order valence-corrected chi connectivity index (χ3v) is 5.34. The summed E-state index contributed by atoms with van der Waals surface area (Å²) in [4.78, 5) is 18.2. The van der Waals surface area contributed by atoms with E-state index in [-0.39, 0.29) is 11.7 Å². The maximum atomic E-state index is 12.1. The van der Waals surface area contributed by atoms with Crippen molar-refractivity contribution in [3.05, 3.63) is 76.4 Å². The summed E-state index contributed by atoms with van der Waals surface area (Å²) in [5, 5.41) is 11.7. The number of nitrogens with one attached hydrogen (secondary N) is 3. The Bertz CT molecular complexity index is 936. The summed E-state index contributed by atoms with van der Waals surface area (Å²) in [7, 11) is 0. The average Bonchev–Trinajstić information content (AvgIpc) is 3.44. The molecule has 1 unspecified atom stereocenters. The molecule has 6 nitrogen and oxygen atoms in total. The quantitative estimate of drug-likeness (QED) is 0.348. The minimum Gasteiger partial charge on any atom is -0.459 e. The highest BCUT2D eigenvalue weighted by molar-refractivity contribution is 7.09. The van der Waals surface area contributed by atoms with E-state index in [0.717, 1.165) is 31.0 Å². The van der Waals surface area contributed by atoms with Crippen LogP contribution in [0.15, 0.2) is 69.6 Å². The molecule has 0 fully saturated rings. The van der Waals surface area contributed by atoms with Crippen molar-refractivity contribution < 1.29 is 9.21 Å². The minimum atomic E-state index is -0.268. The number of benzene rings is 1. The number of carbonyl (C=O) groups excluding carboxylic acids is 1. The molecular formula is C23H28N4O2S. The molecule has 2 aromatic heterocycles. The molecule has 0 aliphatic rings. The number of rotatable bonds is 9. The van der Waals surface area contributed by atoms with Crippen LogP contribution in [-0.4, -0.2) is 25.0 Å². The smallest absolute Gasteiger partial charge is 0.291 e. The van der Waals surface area contributed by atoms with Gasteiger partial charge in [-0.2, -0.15) is 0 Å². The van der Waals surface area contributed by atoms with E-state index in [0.29, 0.717) is 18.2 Å². The topological polar surface area (TPSA) is 78.7 Å². The molecular weight excluding hydrogens is 396 g/mol. The Labute approximate surface area is 181 Å². The van der Waals surface area contributed by atoms with Crippen LogP contribution in [0.1, 0.15) is 34.8 Å². The number of furan rings is 1. The van der Waals surface area contributed by atoms with Gasteiger partial charge >= 0.3 is 0 Å². The SMILES string of the molecule is CCNC(=NCc1cccc(NC(=O)c2ccco2)c1)NCC(C)Cc1cccs1. The van der Waals surface area contributed by atoms with E-state index in [1.54, 1.807) is 23.5 Å².